The maximum absolute atomic E-state index is 5.24. The molecule has 0 aliphatic rings. The molecule has 2 N–H and O–H groups in total. The summed E-state index contributed by atoms with van der Waals surface area (Å²) in [5, 5.41) is 0. The third kappa shape index (κ3) is 2.07. The average molecular weight is 136 g/mol. The van der Waals surface area contributed by atoms with E-state index >= 15 is 0 Å². The Morgan fingerprint density at radius 1 is 1.60 bits per heavy atom. The molecule has 1 aromatic rings. The standard InChI is InChI=1S/C8H10NO/c9-6-7-10-8-4-2-1-3-5-8/h1-2,4-5H,6-7,9H2. The zero-order chi connectivity index (χ0) is 7.23. The van der Waals surface area contributed by atoms with Crippen molar-refractivity contribution in [2.24, 2.45) is 5.73 Å². The first-order chi connectivity index (χ1) is 4.93. The number of ether oxygens (including phenoxy) is 1. The molecule has 10 heavy (non-hydrogen) atoms. The van der Waals surface area contributed by atoms with Crippen molar-refractivity contribution in [2.75, 3.05) is 13.2 Å². The number of benzene rings is 1. The second kappa shape index (κ2) is 3.90. The number of rotatable bonds is 3. The van der Waals surface area contributed by atoms with Crippen LogP contribution in [-0.4, -0.2) is 13.2 Å². The summed E-state index contributed by atoms with van der Waals surface area (Å²) in [7, 11) is 0. The van der Waals surface area contributed by atoms with Crippen molar-refractivity contribution in [1.29, 1.82) is 0 Å². The minimum atomic E-state index is 0.550. The predicted molar refractivity (Wildman–Crippen MR) is 39.8 cm³/mol. The molecular formula is C8H10NO. The molecule has 0 bridgehead atoms. The lowest BCUT2D eigenvalue weighted by Gasteiger charge is -2.01. The van der Waals surface area contributed by atoms with Gasteiger partial charge in [-0.3, -0.25) is 0 Å². The summed E-state index contributed by atoms with van der Waals surface area (Å²) in [5.74, 6) is 0.827. The van der Waals surface area contributed by atoms with Gasteiger partial charge in [0.25, 0.3) is 0 Å². The van der Waals surface area contributed by atoms with Gasteiger partial charge in [-0.2, -0.15) is 0 Å². The topological polar surface area (TPSA) is 35.2 Å². The SMILES string of the molecule is NCCOc1c[c]ccc1. The van der Waals surface area contributed by atoms with E-state index in [0.29, 0.717) is 13.2 Å². The molecule has 0 aliphatic carbocycles. The Kier molecular flexibility index (Phi) is 2.77. The van der Waals surface area contributed by atoms with E-state index in [2.05, 4.69) is 6.07 Å². The first-order valence-corrected chi connectivity index (χ1v) is 3.22. The van der Waals surface area contributed by atoms with Crippen molar-refractivity contribution >= 4 is 0 Å². The van der Waals surface area contributed by atoms with E-state index in [4.69, 9.17) is 10.5 Å². The Hall–Kier alpha value is -1.02. The van der Waals surface area contributed by atoms with Crippen LogP contribution in [0.15, 0.2) is 24.3 Å². The number of nitrogens with two attached hydrogens (primary N) is 1. The molecule has 0 atom stereocenters. The third-order valence-electron chi connectivity index (χ3n) is 1.07. The molecule has 1 rings (SSSR count). The van der Waals surface area contributed by atoms with Gasteiger partial charge in [0.1, 0.15) is 12.4 Å². The maximum atomic E-state index is 5.24. The summed E-state index contributed by atoms with van der Waals surface area (Å²) >= 11 is 0. The summed E-state index contributed by atoms with van der Waals surface area (Å²) in [6.07, 6.45) is 0. The van der Waals surface area contributed by atoms with E-state index < -0.39 is 0 Å². The van der Waals surface area contributed by atoms with Gasteiger partial charge in [-0.05, 0) is 18.2 Å². The first-order valence-electron chi connectivity index (χ1n) is 3.22. The normalized spacial score (nSPS) is 9.30. The minimum Gasteiger partial charge on any atom is -0.492 e. The predicted octanol–water partition coefficient (Wildman–Crippen LogP) is 0.824. The third-order valence-corrected chi connectivity index (χ3v) is 1.07. The Morgan fingerprint density at radius 3 is 3.10 bits per heavy atom. The van der Waals surface area contributed by atoms with E-state index in [1.807, 2.05) is 18.2 Å². The number of hydrogen-bond acceptors (Lipinski definition) is 2. The van der Waals surface area contributed by atoms with Crippen LogP contribution < -0.4 is 10.5 Å². The first kappa shape index (κ1) is 7.09. The van der Waals surface area contributed by atoms with Gasteiger partial charge in [0.2, 0.25) is 0 Å². The molecule has 1 radical (unpaired) electrons. The summed E-state index contributed by atoms with van der Waals surface area (Å²) in [4.78, 5) is 0. The molecule has 0 aliphatic heterocycles. The van der Waals surface area contributed by atoms with Crippen LogP contribution in [0.1, 0.15) is 0 Å². The molecular weight excluding hydrogens is 126 g/mol. The van der Waals surface area contributed by atoms with Crippen molar-refractivity contribution in [3.63, 3.8) is 0 Å². The van der Waals surface area contributed by atoms with Gasteiger partial charge in [0.05, 0.1) is 0 Å². The second-order valence-electron chi connectivity index (χ2n) is 1.88. The average Bonchev–Trinajstić information content (AvgIpc) is 2.03. The molecule has 2 nitrogen and oxygen atoms in total. The number of hydrogen-bond donors (Lipinski definition) is 1. The van der Waals surface area contributed by atoms with Crippen molar-refractivity contribution in [3.05, 3.63) is 30.3 Å². The Balaban J connectivity index is 2.43. The molecule has 0 aromatic heterocycles. The van der Waals surface area contributed by atoms with Crippen LogP contribution in [0.2, 0.25) is 0 Å². The van der Waals surface area contributed by atoms with Gasteiger partial charge >= 0.3 is 0 Å². The quantitative estimate of drug-likeness (QED) is 0.667. The highest BCUT2D eigenvalue weighted by atomic mass is 16.5. The fourth-order valence-corrected chi connectivity index (χ4v) is 0.643. The molecule has 0 spiro atoms. The highest BCUT2D eigenvalue weighted by Crippen LogP contribution is 2.06. The van der Waals surface area contributed by atoms with Gasteiger partial charge in [-0.15, -0.1) is 0 Å². The highest BCUT2D eigenvalue weighted by molar-refractivity contribution is 5.19. The molecule has 0 saturated heterocycles. The van der Waals surface area contributed by atoms with Crippen LogP contribution in [0, 0.1) is 6.07 Å². The van der Waals surface area contributed by atoms with E-state index in [0.717, 1.165) is 5.75 Å². The Labute approximate surface area is 60.6 Å². The summed E-state index contributed by atoms with van der Waals surface area (Å²) in [5.41, 5.74) is 5.24. The molecule has 0 amide bonds. The van der Waals surface area contributed by atoms with Crippen LogP contribution in [-0.2, 0) is 0 Å². The van der Waals surface area contributed by atoms with Crippen LogP contribution >= 0.6 is 0 Å². The van der Waals surface area contributed by atoms with E-state index in [-0.39, 0.29) is 0 Å². The van der Waals surface area contributed by atoms with Crippen molar-refractivity contribution in [3.8, 4) is 5.75 Å². The minimum absolute atomic E-state index is 0.550. The van der Waals surface area contributed by atoms with Crippen LogP contribution in [0.5, 0.6) is 5.75 Å². The molecule has 2 heteroatoms. The zero-order valence-corrected chi connectivity index (χ0v) is 5.71. The summed E-state index contributed by atoms with van der Waals surface area (Å²) in [6.45, 7) is 1.12. The molecule has 53 valence electrons. The van der Waals surface area contributed by atoms with Crippen molar-refractivity contribution in [2.45, 2.75) is 0 Å². The van der Waals surface area contributed by atoms with E-state index in [1.165, 1.54) is 0 Å². The Bertz CT molecular complexity index is 174. The largest absolute Gasteiger partial charge is 0.492 e. The Morgan fingerprint density at radius 2 is 2.50 bits per heavy atom. The molecule has 0 saturated carbocycles. The second-order valence-corrected chi connectivity index (χ2v) is 1.88. The maximum Gasteiger partial charge on any atom is 0.119 e. The molecule has 0 heterocycles. The lowest BCUT2D eigenvalue weighted by molar-refractivity contribution is 0.328. The molecule has 1 aromatic carbocycles. The van der Waals surface area contributed by atoms with Gasteiger partial charge in [-0.1, -0.05) is 12.1 Å². The van der Waals surface area contributed by atoms with Gasteiger partial charge in [0.15, 0.2) is 0 Å². The highest BCUT2D eigenvalue weighted by Gasteiger charge is 1.86. The van der Waals surface area contributed by atoms with Crippen molar-refractivity contribution < 1.29 is 4.74 Å². The summed E-state index contributed by atoms with van der Waals surface area (Å²) < 4.78 is 5.20. The monoisotopic (exact) mass is 136 g/mol. The van der Waals surface area contributed by atoms with Gasteiger partial charge < -0.3 is 10.5 Å². The van der Waals surface area contributed by atoms with Gasteiger partial charge in [0, 0.05) is 6.54 Å². The van der Waals surface area contributed by atoms with Crippen LogP contribution in [0.3, 0.4) is 0 Å². The molecule has 0 fully saturated rings. The van der Waals surface area contributed by atoms with E-state index in [1.54, 1.807) is 6.07 Å². The smallest absolute Gasteiger partial charge is 0.119 e. The molecule has 0 unspecified atom stereocenters. The van der Waals surface area contributed by atoms with Crippen LogP contribution in [0.4, 0.5) is 0 Å². The van der Waals surface area contributed by atoms with E-state index in [9.17, 15) is 0 Å². The van der Waals surface area contributed by atoms with Crippen LogP contribution in [0.25, 0.3) is 0 Å². The lowest BCUT2D eigenvalue weighted by atomic mass is 10.3. The lowest BCUT2D eigenvalue weighted by Crippen LogP contribution is -2.10. The van der Waals surface area contributed by atoms with Gasteiger partial charge in [-0.25, -0.2) is 0 Å². The van der Waals surface area contributed by atoms with Crippen molar-refractivity contribution in [1.82, 2.24) is 0 Å². The zero-order valence-electron chi connectivity index (χ0n) is 5.71. The fraction of sp³-hybridized carbons (Fsp3) is 0.250. The summed E-state index contributed by atoms with van der Waals surface area (Å²) in [6, 6.07) is 10.3. The fourth-order valence-electron chi connectivity index (χ4n) is 0.643.